The molecular weight excluding hydrogens is 470 g/mol. The Morgan fingerprint density at radius 3 is 2.59 bits per heavy atom. The van der Waals surface area contributed by atoms with Gasteiger partial charge < -0.3 is 25.0 Å². The number of hydrogen-bond donors (Lipinski definition) is 2. The lowest BCUT2D eigenvalue weighted by Gasteiger charge is -2.34. The van der Waals surface area contributed by atoms with Crippen molar-refractivity contribution in [2.24, 2.45) is 11.8 Å². The third-order valence-corrected chi connectivity index (χ3v) is 9.08. The van der Waals surface area contributed by atoms with Crippen molar-refractivity contribution in [3.8, 4) is 0 Å². The first-order valence-electron chi connectivity index (χ1n) is 13.8. The molecule has 0 aromatic heterocycles. The van der Waals surface area contributed by atoms with Gasteiger partial charge in [-0.3, -0.25) is 14.4 Å². The monoisotopic (exact) mass is 507 g/mol. The molecule has 2 N–H and O–H groups in total. The summed E-state index contributed by atoms with van der Waals surface area (Å²) < 4.78 is 12.3. The zero-order valence-corrected chi connectivity index (χ0v) is 21.7. The fourth-order valence-electron chi connectivity index (χ4n) is 7.04. The molecule has 5 aliphatic rings. The molecule has 1 aromatic rings. The van der Waals surface area contributed by atoms with Crippen molar-refractivity contribution in [3.63, 3.8) is 0 Å². The second-order valence-electron chi connectivity index (χ2n) is 11.5. The van der Waals surface area contributed by atoms with Crippen molar-refractivity contribution in [2.75, 3.05) is 18.5 Å². The Labute approximate surface area is 218 Å². The van der Waals surface area contributed by atoms with E-state index in [1.54, 1.807) is 4.90 Å². The minimum absolute atomic E-state index is 0.104. The van der Waals surface area contributed by atoms with Gasteiger partial charge in [0.15, 0.2) is 0 Å². The van der Waals surface area contributed by atoms with E-state index < -0.39 is 29.6 Å². The molecule has 4 aliphatic heterocycles. The Kier molecular flexibility index (Phi) is 6.35. The van der Waals surface area contributed by atoms with Gasteiger partial charge in [0.1, 0.15) is 11.6 Å². The molecule has 0 radical (unpaired) electrons. The van der Waals surface area contributed by atoms with Crippen LogP contribution in [0.1, 0.15) is 56.1 Å². The van der Waals surface area contributed by atoms with E-state index in [0.29, 0.717) is 18.8 Å². The number of likely N-dealkylation sites (tertiary alicyclic amines) is 1. The summed E-state index contributed by atoms with van der Waals surface area (Å²) in [5.41, 5.74) is 1.79. The zero-order chi connectivity index (χ0) is 25.7. The van der Waals surface area contributed by atoms with E-state index >= 15 is 0 Å². The minimum Gasteiger partial charge on any atom is -0.376 e. The first kappa shape index (κ1) is 24.6. The first-order chi connectivity index (χ1) is 17.9. The molecule has 4 heterocycles. The SMILES string of the molecule is Cc1ccc(NC(=O)[C@H]2[C@H]3C=C[C@]4(O3)[C@H](C(=O)NC3CCCCC3)N(C[C@@H]3CCCO3)C(=O)[C@@H]24)cc1C. The lowest BCUT2D eigenvalue weighted by atomic mass is 9.74. The Bertz CT molecular complexity index is 1120. The van der Waals surface area contributed by atoms with Crippen LogP contribution in [-0.4, -0.2) is 65.7 Å². The van der Waals surface area contributed by atoms with E-state index in [9.17, 15) is 14.4 Å². The Balaban J connectivity index is 1.29. The summed E-state index contributed by atoms with van der Waals surface area (Å²) in [7, 11) is 0. The van der Waals surface area contributed by atoms with Crippen molar-refractivity contribution in [1.82, 2.24) is 10.2 Å². The lowest BCUT2D eigenvalue weighted by molar-refractivity contribution is -0.143. The van der Waals surface area contributed by atoms with Gasteiger partial charge in [0, 0.05) is 24.9 Å². The van der Waals surface area contributed by atoms with Crippen LogP contribution in [0.3, 0.4) is 0 Å². The Morgan fingerprint density at radius 1 is 1.05 bits per heavy atom. The van der Waals surface area contributed by atoms with Crippen molar-refractivity contribution < 1.29 is 23.9 Å². The van der Waals surface area contributed by atoms with Crippen molar-refractivity contribution in [2.45, 2.75) is 88.7 Å². The molecule has 0 unspecified atom stereocenters. The zero-order valence-electron chi connectivity index (χ0n) is 21.7. The summed E-state index contributed by atoms with van der Waals surface area (Å²) in [4.78, 5) is 43.1. The summed E-state index contributed by atoms with van der Waals surface area (Å²) >= 11 is 0. The molecule has 4 fully saturated rings. The summed E-state index contributed by atoms with van der Waals surface area (Å²) in [5, 5.41) is 6.25. The fourth-order valence-corrected chi connectivity index (χ4v) is 7.04. The number of carbonyl (C=O) groups is 3. The number of anilines is 1. The molecule has 198 valence electrons. The van der Waals surface area contributed by atoms with Gasteiger partial charge in [0.25, 0.3) is 0 Å². The quantitative estimate of drug-likeness (QED) is 0.577. The number of hydrogen-bond acceptors (Lipinski definition) is 5. The molecular formula is C29H37N3O5. The number of carbonyl (C=O) groups excluding carboxylic acids is 3. The van der Waals surface area contributed by atoms with E-state index in [1.807, 2.05) is 44.2 Å². The molecule has 6 rings (SSSR count). The number of aryl methyl sites for hydroxylation is 2. The molecule has 37 heavy (non-hydrogen) atoms. The van der Waals surface area contributed by atoms with Gasteiger partial charge in [-0.15, -0.1) is 0 Å². The van der Waals surface area contributed by atoms with E-state index in [4.69, 9.17) is 9.47 Å². The third kappa shape index (κ3) is 4.18. The number of fused-ring (bicyclic) bond motifs is 1. The molecule has 6 atom stereocenters. The molecule has 1 saturated carbocycles. The summed E-state index contributed by atoms with van der Waals surface area (Å²) in [5.74, 6) is -2.05. The van der Waals surface area contributed by atoms with E-state index in [0.717, 1.165) is 49.7 Å². The van der Waals surface area contributed by atoms with Gasteiger partial charge in [-0.1, -0.05) is 37.5 Å². The lowest BCUT2D eigenvalue weighted by Crippen LogP contribution is -2.57. The van der Waals surface area contributed by atoms with Crippen molar-refractivity contribution in [3.05, 3.63) is 41.5 Å². The van der Waals surface area contributed by atoms with Gasteiger partial charge in [0.05, 0.1) is 24.0 Å². The summed E-state index contributed by atoms with van der Waals surface area (Å²) in [6.07, 6.45) is 10.2. The minimum atomic E-state index is -1.13. The van der Waals surface area contributed by atoms with Gasteiger partial charge in [0.2, 0.25) is 17.7 Å². The number of ether oxygens (including phenoxy) is 2. The van der Waals surface area contributed by atoms with Crippen LogP contribution in [-0.2, 0) is 23.9 Å². The average molecular weight is 508 g/mol. The van der Waals surface area contributed by atoms with E-state index in [1.165, 1.54) is 6.42 Å². The maximum atomic E-state index is 14.0. The molecule has 8 nitrogen and oxygen atoms in total. The second-order valence-corrected chi connectivity index (χ2v) is 11.5. The highest BCUT2D eigenvalue weighted by atomic mass is 16.5. The molecule has 8 heteroatoms. The van der Waals surface area contributed by atoms with E-state index in [-0.39, 0.29) is 29.9 Å². The van der Waals surface area contributed by atoms with E-state index in [2.05, 4.69) is 10.6 Å². The van der Waals surface area contributed by atoms with Crippen LogP contribution < -0.4 is 10.6 Å². The topological polar surface area (TPSA) is 97.0 Å². The average Bonchev–Trinajstić information content (AvgIpc) is 3.65. The molecule has 3 amide bonds. The number of rotatable bonds is 6. The largest absolute Gasteiger partial charge is 0.376 e. The number of nitrogens with one attached hydrogen (secondary N) is 2. The predicted octanol–water partition coefficient (Wildman–Crippen LogP) is 3.02. The standard InChI is InChI=1S/C29H37N3O5/c1-17-10-11-20(15-18(17)2)31-26(33)23-22-12-13-29(37-22)24(23)28(35)32(16-21-9-6-14-36-21)25(29)27(34)30-19-7-4-3-5-8-19/h10-13,15,19,21-25H,3-9,14,16H2,1-2H3,(H,30,34)(H,31,33)/t21-,22+,23-,24+,25-,29+/m0/s1. The smallest absolute Gasteiger partial charge is 0.246 e. The van der Waals surface area contributed by atoms with Crippen LogP contribution in [0.2, 0.25) is 0 Å². The molecule has 1 aromatic carbocycles. The maximum Gasteiger partial charge on any atom is 0.246 e. The highest BCUT2D eigenvalue weighted by Crippen LogP contribution is 2.55. The number of benzene rings is 1. The molecule has 2 bridgehead atoms. The Morgan fingerprint density at radius 2 is 1.86 bits per heavy atom. The highest BCUT2D eigenvalue weighted by Gasteiger charge is 2.73. The predicted molar refractivity (Wildman–Crippen MR) is 138 cm³/mol. The van der Waals surface area contributed by atoms with Crippen LogP contribution in [0.15, 0.2) is 30.4 Å². The van der Waals surface area contributed by atoms with Crippen molar-refractivity contribution in [1.29, 1.82) is 0 Å². The molecule has 1 aliphatic carbocycles. The second kappa shape index (κ2) is 9.55. The van der Waals surface area contributed by atoms with Gasteiger partial charge in [-0.2, -0.15) is 0 Å². The van der Waals surface area contributed by atoms with Crippen LogP contribution in [0.5, 0.6) is 0 Å². The normalized spacial score (nSPS) is 34.7. The van der Waals surface area contributed by atoms with Crippen LogP contribution >= 0.6 is 0 Å². The number of nitrogens with zero attached hydrogens (tertiary/aromatic N) is 1. The van der Waals surface area contributed by atoms with Gasteiger partial charge in [-0.25, -0.2) is 0 Å². The first-order valence-corrected chi connectivity index (χ1v) is 13.8. The van der Waals surface area contributed by atoms with Gasteiger partial charge >= 0.3 is 0 Å². The molecule has 1 spiro atoms. The summed E-state index contributed by atoms with van der Waals surface area (Å²) in [6, 6.07) is 5.09. The number of amides is 3. The highest BCUT2D eigenvalue weighted by molar-refractivity contribution is 6.02. The summed E-state index contributed by atoms with van der Waals surface area (Å²) in [6.45, 7) is 5.03. The third-order valence-electron chi connectivity index (χ3n) is 9.08. The molecule has 3 saturated heterocycles. The van der Waals surface area contributed by atoms with Gasteiger partial charge in [-0.05, 0) is 62.8 Å². The van der Waals surface area contributed by atoms with Crippen molar-refractivity contribution >= 4 is 23.4 Å². The maximum absolute atomic E-state index is 14.0. The van der Waals surface area contributed by atoms with Crippen LogP contribution in [0.25, 0.3) is 0 Å². The fraction of sp³-hybridized carbons (Fsp3) is 0.621. The van der Waals surface area contributed by atoms with Crippen LogP contribution in [0, 0.1) is 25.7 Å². The van der Waals surface area contributed by atoms with Crippen LogP contribution in [0.4, 0.5) is 5.69 Å². The Hall–Kier alpha value is -2.71.